The fraction of sp³-hybridized carbons (Fsp3) is 0.571. The third-order valence-corrected chi connectivity index (χ3v) is 7.14. The molecule has 0 unspecified atom stereocenters. The molecule has 21 heavy (non-hydrogen) atoms. The summed E-state index contributed by atoms with van der Waals surface area (Å²) in [5, 5.41) is 3.34. The molecule has 1 N–H and O–H groups in total. The lowest BCUT2D eigenvalue weighted by molar-refractivity contribution is 0.268. The van der Waals surface area contributed by atoms with Crippen LogP contribution in [0.5, 0.6) is 0 Å². The van der Waals surface area contributed by atoms with E-state index in [2.05, 4.69) is 44.1 Å². The van der Waals surface area contributed by atoms with Crippen LogP contribution < -0.4 is 5.32 Å². The van der Waals surface area contributed by atoms with Crippen LogP contribution in [0.4, 0.5) is 0 Å². The second kappa shape index (κ2) is 7.55. The summed E-state index contributed by atoms with van der Waals surface area (Å²) in [6, 6.07) is 5.18. The van der Waals surface area contributed by atoms with Gasteiger partial charge in [0.15, 0.2) is 0 Å². The van der Waals surface area contributed by atoms with E-state index in [1.54, 1.807) is 22.5 Å². The molecule has 1 heterocycles. The summed E-state index contributed by atoms with van der Waals surface area (Å²) in [4.78, 5) is 0.343. The van der Waals surface area contributed by atoms with Crippen LogP contribution in [0.2, 0.25) is 0 Å². The number of piperidine rings is 1. The summed E-state index contributed by atoms with van der Waals surface area (Å²) in [6.45, 7) is 5.23. The maximum atomic E-state index is 12.7. The molecule has 0 radical (unpaired) electrons. The van der Waals surface area contributed by atoms with Crippen LogP contribution in [-0.2, 0) is 10.0 Å². The second-order valence-electron chi connectivity index (χ2n) is 5.23. The van der Waals surface area contributed by atoms with Crippen LogP contribution in [0.1, 0.15) is 19.8 Å². The van der Waals surface area contributed by atoms with Crippen molar-refractivity contribution < 1.29 is 8.42 Å². The van der Waals surface area contributed by atoms with E-state index in [1.165, 1.54) is 0 Å². The van der Waals surface area contributed by atoms with E-state index in [-0.39, 0.29) is 0 Å². The summed E-state index contributed by atoms with van der Waals surface area (Å²) in [5.41, 5.74) is 0. The highest BCUT2D eigenvalue weighted by Gasteiger charge is 2.30. The fourth-order valence-corrected chi connectivity index (χ4v) is 5.70. The molecule has 0 amide bonds. The third kappa shape index (κ3) is 4.28. The van der Waals surface area contributed by atoms with Crippen molar-refractivity contribution in [1.29, 1.82) is 0 Å². The highest BCUT2D eigenvalue weighted by molar-refractivity contribution is 9.11. The maximum Gasteiger partial charge on any atom is 0.244 e. The predicted molar refractivity (Wildman–Crippen MR) is 91.9 cm³/mol. The Morgan fingerprint density at radius 1 is 1.29 bits per heavy atom. The van der Waals surface area contributed by atoms with Gasteiger partial charge >= 0.3 is 0 Å². The zero-order valence-electron chi connectivity index (χ0n) is 12.0. The van der Waals surface area contributed by atoms with E-state index < -0.39 is 10.0 Å². The molecule has 1 aliphatic rings. The van der Waals surface area contributed by atoms with Gasteiger partial charge in [-0.25, -0.2) is 8.42 Å². The minimum Gasteiger partial charge on any atom is -0.317 e. The molecule has 1 fully saturated rings. The summed E-state index contributed by atoms with van der Waals surface area (Å²) < 4.78 is 28.5. The van der Waals surface area contributed by atoms with Crippen LogP contribution in [0.25, 0.3) is 0 Å². The van der Waals surface area contributed by atoms with Gasteiger partial charge in [0.2, 0.25) is 10.0 Å². The lowest BCUT2D eigenvalue weighted by Crippen LogP contribution is -2.40. The first kappa shape index (κ1) is 17.4. The summed E-state index contributed by atoms with van der Waals surface area (Å²) in [7, 11) is -3.41. The zero-order valence-corrected chi connectivity index (χ0v) is 16.0. The first-order valence-corrected chi connectivity index (χ1v) is 10.1. The van der Waals surface area contributed by atoms with E-state index in [0.29, 0.717) is 28.4 Å². The molecular formula is C14H20Br2N2O2S. The lowest BCUT2D eigenvalue weighted by Gasteiger charge is -2.31. The Hall–Kier alpha value is 0.0500. The monoisotopic (exact) mass is 438 g/mol. The highest BCUT2D eigenvalue weighted by atomic mass is 79.9. The zero-order chi connectivity index (χ0) is 15.5. The molecule has 0 saturated carbocycles. The van der Waals surface area contributed by atoms with Crippen molar-refractivity contribution in [3.8, 4) is 0 Å². The van der Waals surface area contributed by atoms with Crippen molar-refractivity contribution >= 4 is 41.9 Å². The number of nitrogens with zero attached hydrogens (tertiary/aromatic N) is 1. The second-order valence-corrected chi connectivity index (χ2v) is 8.91. The molecule has 0 bridgehead atoms. The Labute approximate surface area is 143 Å². The Bertz CT molecular complexity index is 585. The quantitative estimate of drug-likeness (QED) is 0.766. The topological polar surface area (TPSA) is 49.4 Å². The Morgan fingerprint density at radius 3 is 2.52 bits per heavy atom. The highest BCUT2D eigenvalue weighted by Crippen LogP contribution is 2.30. The summed E-state index contributed by atoms with van der Waals surface area (Å²) >= 11 is 6.70. The van der Waals surface area contributed by atoms with Crippen molar-refractivity contribution in [3.63, 3.8) is 0 Å². The van der Waals surface area contributed by atoms with Crippen molar-refractivity contribution in [1.82, 2.24) is 9.62 Å². The van der Waals surface area contributed by atoms with Gasteiger partial charge in [0.1, 0.15) is 0 Å². The summed E-state index contributed by atoms with van der Waals surface area (Å²) in [6.07, 6.45) is 1.83. The molecule has 0 aliphatic carbocycles. The molecule has 1 aromatic rings. The van der Waals surface area contributed by atoms with E-state index in [9.17, 15) is 8.42 Å². The molecule has 0 spiro atoms. The molecule has 0 aromatic heterocycles. The number of nitrogens with one attached hydrogen (secondary N) is 1. The number of rotatable bonds is 5. The number of benzene rings is 1. The van der Waals surface area contributed by atoms with Crippen LogP contribution in [-0.4, -0.2) is 38.9 Å². The molecule has 2 rings (SSSR count). The number of halogens is 2. The number of sulfonamides is 1. The van der Waals surface area contributed by atoms with E-state index in [1.807, 2.05) is 0 Å². The fourth-order valence-electron chi connectivity index (χ4n) is 2.53. The van der Waals surface area contributed by atoms with Gasteiger partial charge in [-0.3, -0.25) is 0 Å². The lowest BCUT2D eigenvalue weighted by atomic mass is 9.98. The minimum atomic E-state index is -3.41. The van der Waals surface area contributed by atoms with Crippen molar-refractivity contribution in [3.05, 3.63) is 27.1 Å². The standard InChI is InChI=1S/C14H20Br2N2O2S/c1-2-17-10-11-5-7-18(8-6-11)21(19,20)14-4-3-12(15)9-13(14)16/h3-4,9,11,17H,2,5-8,10H2,1H3. The van der Waals surface area contributed by atoms with Crippen LogP contribution in [0.15, 0.2) is 32.0 Å². The first-order chi connectivity index (χ1) is 9.95. The van der Waals surface area contributed by atoms with Gasteiger partial charge in [-0.2, -0.15) is 4.31 Å². The van der Waals surface area contributed by atoms with Crippen LogP contribution in [0, 0.1) is 5.92 Å². The third-order valence-electron chi connectivity index (χ3n) is 3.77. The van der Waals surface area contributed by atoms with E-state index >= 15 is 0 Å². The average Bonchev–Trinajstić information content (AvgIpc) is 2.45. The van der Waals surface area contributed by atoms with E-state index in [4.69, 9.17) is 0 Å². The Balaban J connectivity index is 2.08. The van der Waals surface area contributed by atoms with Gasteiger partial charge < -0.3 is 5.32 Å². The van der Waals surface area contributed by atoms with Gasteiger partial charge in [-0.1, -0.05) is 22.9 Å². The van der Waals surface area contributed by atoms with Gasteiger partial charge in [-0.15, -0.1) is 0 Å². The smallest absolute Gasteiger partial charge is 0.244 e. The SMILES string of the molecule is CCNCC1CCN(S(=O)(=O)c2ccc(Br)cc2Br)CC1. The largest absolute Gasteiger partial charge is 0.317 e. The minimum absolute atomic E-state index is 0.343. The van der Waals surface area contributed by atoms with Gasteiger partial charge in [0, 0.05) is 22.0 Å². The van der Waals surface area contributed by atoms with Crippen LogP contribution in [0.3, 0.4) is 0 Å². The molecule has 118 valence electrons. The molecule has 1 saturated heterocycles. The molecular weight excluding hydrogens is 420 g/mol. The first-order valence-electron chi connectivity index (χ1n) is 7.11. The van der Waals surface area contributed by atoms with E-state index in [0.717, 1.165) is 30.4 Å². The Morgan fingerprint density at radius 2 is 1.95 bits per heavy atom. The van der Waals surface area contributed by atoms with Crippen molar-refractivity contribution in [2.75, 3.05) is 26.2 Å². The van der Waals surface area contributed by atoms with Crippen molar-refractivity contribution in [2.45, 2.75) is 24.7 Å². The summed E-state index contributed by atoms with van der Waals surface area (Å²) in [5.74, 6) is 0.574. The van der Waals surface area contributed by atoms with Crippen LogP contribution >= 0.6 is 31.9 Å². The van der Waals surface area contributed by atoms with Gasteiger partial charge in [0.05, 0.1) is 4.90 Å². The number of hydrogen-bond acceptors (Lipinski definition) is 3. The maximum absolute atomic E-state index is 12.7. The predicted octanol–water partition coefficient (Wildman–Crippen LogP) is 3.22. The Kier molecular flexibility index (Phi) is 6.25. The molecule has 4 nitrogen and oxygen atoms in total. The normalized spacial score (nSPS) is 18.0. The molecule has 7 heteroatoms. The molecule has 1 aromatic carbocycles. The van der Waals surface area contributed by atoms with Crippen molar-refractivity contribution in [2.24, 2.45) is 5.92 Å². The van der Waals surface area contributed by atoms with Gasteiger partial charge in [-0.05, 0) is 66.0 Å². The molecule has 0 atom stereocenters. The van der Waals surface area contributed by atoms with Gasteiger partial charge in [0.25, 0.3) is 0 Å². The number of hydrogen-bond donors (Lipinski definition) is 1. The average molecular weight is 440 g/mol. The molecule has 1 aliphatic heterocycles.